The van der Waals surface area contributed by atoms with Gasteiger partial charge in [0.2, 0.25) is 0 Å². The van der Waals surface area contributed by atoms with E-state index in [1.807, 2.05) is 6.08 Å². The molecule has 0 unspecified atom stereocenters. The van der Waals surface area contributed by atoms with Gasteiger partial charge < -0.3 is 0 Å². The molecular weight excluding hydrogens is 252 g/mol. The summed E-state index contributed by atoms with van der Waals surface area (Å²) in [6.45, 7) is 6.14. The smallest absolute Gasteiger partial charge is 0.0215 e. The number of hydrogen-bond donors (Lipinski definition) is 0. The van der Waals surface area contributed by atoms with Gasteiger partial charge >= 0.3 is 0 Å². The molecule has 1 spiro atoms. The van der Waals surface area contributed by atoms with Crippen LogP contribution >= 0.6 is 0 Å². The number of rotatable bonds is 1. The molecular formula is C21H26. The normalized spacial score (nSPS) is 24.8. The average Bonchev–Trinajstić information content (AvgIpc) is 2.74. The van der Waals surface area contributed by atoms with E-state index in [0.29, 0.717) is 0 Å². The average molecular weight is 278 g/mol. The minimum atomic E-state index is 0.243. The van der Waals surface area contributed by atoms with Crippen LogP contribution in [0.1, 0.15) is 63.0 Å². The molecule has 3 rings (SSSR count). The summed E-state index contributed by atoms with van der Waals surface area (Å²) in [5.74, 6) is 0. The predicted octanol–water partition coefficient (Wildman–Crippen LogP) is 6.20. The molecule has 1 saturated carbocycles. The molecule has 0 N–H and O–H groups in total. The van der Waals surface area contributed by atoms with E-state index in [9.17, 15) is 0 Å². The summed E-state index contributed by atoms with van der Waals surface area (Å²) < 4.78 is 0. The first-order valence-electron chi connectivity index (χ1n) is 8.43. The maximum atomic E-state index is 3.97. The molecule has 0 heteroatoms. The Morgan fingerprint density at radius 3 is 2.33 bits per heavy atom. The Hall–Kier alpha value is -1.56. The molecule has 0 saturated heterocycles. The van der Waals surface area contributed by atoms with Gasteiger partial charge in [-0.1, -0.05) is 81.2 Å². The van der Waals surface area contributed by atoms with E-state index in [1.165, 1.54) is 61.7 Å². The fourth-order valence-electron chi connectivity index (χ4n) is 4.41. The van der Waals surface area contributed by atoms with E-state index in [-0.39, 0.29) is 5.41 Å². The van der Waals surface area contributed by atoms with Crippen LogP contribution in [-0.4, -0.2) is 0 Å². The molecule has 110 valence electrons. The predicted molar refractivity (Wildman–Crippen MR) is 92.4 cm³/mol. The maximum absolute atomic E-state index is 3.97. The van der Waals surface area contributed by atoms with Gasteiger partial charge in [-0.15, -0.1) is 0 Å². The van der Waals surface area contributed by atoms with Crippen LogP contribution in [0.15, 0.2) is 54.6 Å². The van der Waals surface area contributed by atoms with Gasteiger partial charge in [-0.2, -0.15) is 0 Å². The van der Waals surface area contributed by atoms with Crippen molar-refractivity contribution in [2.45, 2.75) is 57.3 Å². The molecule has 0 aromatic heterocycles. The van der Waals surface area contributed by atoms with Gasteiger partial charge in [0.1, 0.15) is 0 Å². The lowest BCUT2D eigenvalue weighted by Gasteiger charge is -2.34. The van der Waals surface area contributed by atoms with Crippen LogP contribution in [0.25, 0.3) is 5.57 Å². The van der Waals surface area contributed by atoms with Crippen LogP contribution in [0, 0.1) is 0 Å². The van der Waals surface area contributed by atoms with Crippen LogP contribution in [0.5, 0.6) is 0 Å². The zero-order valence-corrected chi connectivity index (χ0v) is 13.2. The first-order chi connectivity index (χ1) is 10.3. The summed E-state index contributed by atoms with van der Waals surface area (Å²) in [7, 11) is 0. The van der Waals surface area contributed by atoms with Crippen molar-refractivity contribution >= 4 is 5.57 Å². The van der Waals surface area contributed by atoms with Crippen molar-refractivity contribution in [3.63, 3.8) is 0 Å². The Kier molecular flexibility index (Phi) is 4.14. The van der Waals surface area contributed by atoms with Crippen LogP contribution in [-0.2, 0) is 5.41 Å². The lowest BCUT2D eigenvalue weighted by atomic mass is 9.69. The summed E-state index contributed by atoms with van der Waals surface area (Å²) >= 11 is 0. The molecule has 2 aliphatic carbocycles. The van der Waals surface area contributed by atoms with E-state index in [0.717, 1.165) is 0 Å². The zero-order valence-electron chi connectivity index (χ0n) is 13.2. The van der Waals surface area contributed by atoms with Crippen molar-refractivity contribution in [3.8, 4) is 0 Å². The Morgan fingerprint density at radius 1 is 1.00 bits per heavy atom. The number of allylic oxidation sites excluding steroid dienone is 5. The molecule has 21 heavy (non-hydrogen) atoms. The topological polar surface area (TPSA) is 0 Å². The number of fused-ring (bicyclic) bond motifs is 2. The van der Waals surface area contributed by atoms with Crippen molar-refractivity contribution in [2.24, 2.45) is 0 Å². The summed E-state index contributed by atoms with van der Waals surface area (Å²) in [4.78, 5) is 0. The van der Waals surface area contributed by atoms with Gasteiger partial charge in [0, 0.05) is 5.41 Å². The molecule has 0 amide bonds. The second-order valence-corrected chi connectivity index (χ2v) is 6.41. The van der Waals surface area contributed by atoms with Crippen LogP contribution in [0.2, 0.25) is 0 Å². The molecule has 0 bridgehead atoms. The lowest BCUT2D eigenvalue weighted by molar-refractivity contribution is 0.373. The van der Waals surface area contributed by atoms with Crippen LogP contribution < -0.4 is 0 Å². The molecule has 0 nitrogen and oxygen atoms in total. The van der Waals surface area contributed by atoms with E-state index >= 15 is 0 Å². The quantitative estimate of drug-likeness (QED) is 0.574. The highest BCUT2D eigenvalue weighted by atomic mass is 14.5. The van der Waals surface area contributed by atoms with E-state index < -0.39 is 0 Å². The molecule has 0 radical (unpaired) electrons. The third kappa shape index (κ3) is 2.31. The first kappa shape index (κ1) is 14.4. The summed E-state index contributed by atoms with van der Waals surface area (Å²) in [5.41, 5.74) is 6.21. The Bertz CT molecular complexity index is 578. The SMILES string of the molecule is C=C/C=C1\C(=C/C)c2ccccc2C12CCCCCCC2. The third-order valence-corrected chi connectivity index (χ3v) is 5.32. The summed E-state index contributed by atoms with van der Waals surface area (Å²) in [5, 5.41) is 0. The Balaban J connectivity index is 2.19. The number of hydrogen-bond acceptors (Lipinski definition) is 0. The van der Waals surface area contributed by atoms with E-state index in [2.05, 4.69) is 49.9 Å². The fraction of sp³-hybridized carbons (Fsp3) is 0.429. The minimum Gasteiger partial charge on any atom is -0.0991 e. The van der Waals surface area contributed by atoms with E-state index in [1.54, 1.807) is 5.56 Å². The van der Waals surface area contributed by atoms with Crippen molar-refractivity contribution < 1.29 is 0 Å². The maximum Gasteiger partial charge on any atom is 0.0215 e. The summed E-state index contributed by atoms with van der Waals surface area (Å²) in [6, 6.07) is 9.05. The zero-order chi connectivity index (χ0) is 14.7. The molecule has 2 aliphatic rings. The highest BCUT2D eigenvalue weighted by Crippen LogP contribution is 2.55. The van der Waals surface area contributed by atoms with Gasteiger partial charge in [0.25, 0.3) is 0 Å². The second kappa shape index (κ2) is 6.05. The third-order valence-electron chi connectivity index (χ3n) is 5.32. The van der Waals surface area contributed by atoms with Crippen molar-refractivity contribution in [3.05, 3.63) is 65.8 Å². The molecule has 0 atom stereocenters. The molecule has 1 aromatic rings. The highest BCUT2D eigenvalue weighted by molar-refractivity contribution is 5.90. The number of benzene rings is 1. The van der Waals surface area contributed by atoms with Gasteiger partial charge in [-0.25, -0.2) is 0 Å². The second-order valence-electron chi connectivity index (χ2n) is 6.41. The molecule has 0 heterocycles. The highest BCUT2D eigenvalue weighted by Gasteiger charge is 2.44. The van der Waals surface area contributed by atoms with Crippen molar-refractivity contribution in [2.75, 3.05) is 0 Å². The van der Waals surface area contributed by atoms with Crippen LogP contribution in [0.3, 0.4) is 0 Å². The Labute approximate surface area is 129 Å². The Morgan fingerprint density at radius 2 is 1.67 bits per heavy atom. The monoisotopic (exact) mass is 278 g/mol. The fourth-order valence-corrected chi connectivity index (χ4v) is 4.41. The van der Waals surface area contributed by atoms with Gasteiger partial charge in [0.15, 0.2) is 0 Å². The van der Waals surface area contributed by atoms with Gasteiger partial charge in [-0.3, -0.25) is 0 Å². The van der Waals surface area contributed by atoms with Crippen molar-refractivity contribution in [1.82, 2.24) is 0 Å². The van der Waals surface area contributed by atoms with Gasteiger partial charge in [0.05, 0.1) is 0 Å². The molecule has 1 fully saturated rings. The van der Waals surface area contributed by atoms with Crippen molar-refractivity contribution in [1.29, 1.82) is 0 Å². The minimum absolute atomic E-state index is 0.243. The lowest BCUT2D eigenvalue weighted by Crippen LogP contribution is -2.26. The summed E-state index contributed by atoms with van der Waals surface area (Å²) in [6.07, 6.45) is 16.0. The standard InChI is InChI=1S/C21H26/c1-3-12-19-17(4-2)18-13-8-9-14-20(18)21(19)15-10-6-5-7-11-16-21/h3-4,8-9,12-14H,1,5-7,10-11,15-16H2,2H3/b17-4-,19-12+. The molecule has 0 aliphatic heterocycles. The first-order valence-corrected chi connectivity index (χ1v) is 8.43. The molecule has 1 aromatic carbocycles. The van der Waals surface area contributed by atoms with E-state index in [4.69, 9.17) is 0 Å². The van der Waals surface area contributed by atoms with Crippen LogP contribution in [0.4, 0.5) is 0 Å². The largest absolute Gasteiger partial charge is 0.0991 e. The van der Waals surface area contributed by atoms with Gasteiger partial charge in [-0.05, 0) is 42.0 Å².